The second-order valence-electron chi connectivity index (χ2n) is 6.15. The zero-order valence-electron chi connectivity index (χ0n) is 12.4. The van der Waals surface area contributed by atoms with Crippen LogP contribution in [0.1, 0.15) is 45.1 Å². The van der Waals surface area contributed by atoms with Gasteiger partial charge in [0, 0.05) is 24.0 Å². The van der Waals surface area contributed by atoms with E-state index in [4.69, 9.17) is 11.6 Å². The predicted octanol–water partition coefficient (Wildman–Crippen LogP) is 4.31. The Bertz CT molecular complexity index is 437. The van der Waals surface area contributed by atoms with Gasteiger partial charge in [-0.3, -0.25) is 4.79 Å². The first-order chi connectivity index (χ1) is 9.56. The normalized spacial score (nSPS) is 14.6. The van der Waals surface area contributed by atoms with Crippen molar-refractivity contribution in [2.45, 2.75) is 52.0 Å². The Balaban J connectivity index is 1.77. The third kappa shape index (κ3) is 4.82. The molecular weight excluding hydrogens is 270 g/mol. The SMILES string of the molecule is CC(C)CN(C(=O)CCCc1ccc(Cl)cc1)C1CC1. The molecule has 0 atom stereocenters. The van der Waals surface area contributed by atoms with Crippen LogP contribution in [0.4, 0.5) is 0 Å². The highest BCUT2D eigenvalue weighted by molar-refractivity contribution is 6.30. The van der Waals surface area contributed by atoms with Gasteiger partial charge >= 0.3 is 0 Å². The summed E-state index contributed by atoms with van der Waals surface area (Å²) < 4.78 is 0. The molecule has 1 aliphatic carbocycles. The van der Waals surface area contributed by atoms with Crippen molar-refractivity contribution in [1.29, 1.82) is 0 Å². The van der Waals surface area contributed by atoms with Gasteiger partial charge in [-0.2, -0.15) is 0 Å². The number of halogens is 1. The Labute approximate surface area is 127 Å². The van der Waals surface area contributed by atoms with Crippen molar-refractivity contribution in [3.63, 3.8) is 0 Å². The highest BCUT2D eigenvalue weighted by atomic mass is 35.5. The van der Waals surface area contributed by atoms with Crippen LogP contribution in [0.2, 0.25) is 5.02 Å². The number of hydrogen-bond acceptors (Lipinski definition) is 1. The molecule has 1 aliphatic rings. The van der Waals surface area contributed by atoms with Crippen LogP contribution in [0.25, 0.3) is 0 Å². The van der Waals surface area contributed by atoms with Gasteiger partial charge < -0.3 is 4.90 Å². The van der Waals surface area contributed by atoms with Gasteiger partial charge in [0.2, 0.25) is 5.91 Å². The lowest BCUT2D eigenvalue weighted by atomic mass is 10.1. The first-order valence-electron chi connectivity index (χ1n) is 7.60. The van der Waals surface area contributed by atoms with Gasteiger partial charge in [0.05, 0.1) is 0 Å². The first kappa shape index (κ1) is 15.4. The van der Waals surface area contributed by atoms with Crippen LogP contribution in [0.15, 0.2) is 24.3 Å². The molecule has 0 N–H and O–H groups in total. The van der Waals surface area contributed by atoms with Crippen molar-refractivity contribution in [3.8, 4) is 0 Å². The molecule has 0 radical (unpaired) electrons. The second kappa shape index (κ2) is 7.12. The summed E-state index contributed by atoms with van der Waals surface area (Å²) in [6.45, 7) is 5.26. The highest BCUT2D eigenvalue weighted by Crippen LogP contribution is 2.28. The average Bonchev–Trinajstić information content (AvgIpc) is 3.22. The Morgan fingerprint density at radius 2 is 1.95 bits per heavy atom. The minimum atomic E-state index is 0.329. The molecule has 0 bridgehead atoms. The summed E-state index contributed by atoms with van der Waals surface area (Å²) in [5, 5.41) is 0.765. The summed E-state index contributed by atoms with van der Waals surface area (Å²) in [4.78, 5) is 14.4. The van der Waals surface area contributed by atoms with E-state index in [-0.39, 0.29) is 0 Å². The molecule has 0 aromatic heterocycles. The van der Waals surface area contributed by atoms with Gasteiger partial charge in [-0.15, -0.1) is 0 Å². The van der Waals surface area contributed by atoms with E-state index >= 15 is 0 Å². The van der Waals surface area contributed by atoms with Gasteiger partial charge in [-0.05, 0) is 49.3 Å². The molecular formula is C17H24ClNO. The fraction of sp³-hybridized carbons (Fsp3) is 0.588. The monoisotopic (exact) mass is 293 g/mol. The number of hydrogen-bond donors (Lipinski definition) is 0. The molecule has 110 valence electrons. The molecule has 1 aromatic rings. The Morgan fingerprint density at radius 1 is 1.30 bits per heavy atom. The van der Waals surface area contributed by atoms with Crippen molar-refractivity contribution < 1.29 is 4.79 Å². The molecule has 2 rings (SSSR count). The maximum absolute atomic E-state index is 12.3. The van der Waals surface area contributed by atoms with Gasteiger partial charge in [0.25, 0.3) is 0 Å². The first-order valence-corrected chi connectivity index (χ1v) is 7.98. The van der Waals surface area contributed by atoms with Crippen LogP contribution in [-0.2, 0) is 11.2 Å². The topological polar surface area (TPSA) is 20.3 Å². The fourth-order valence-corrected chi connectivity index (χ4v) is 2.60. The molecule has 1 fully saturated rings. The van der Waals surface area contributed by atoms with E-state index in [0.29, 0.717) is 24.3 Å². The molecule has 0 unspecified atom stereocenters. The number of nitrogens with zero attached hydrogens (tertiary/aromatic N) is 1. The van der Waals surface area contributed by atoms with Gasteiger partial charge in [0.15, 0.2) is 0 Å². The summed E-state index contributed by atoms with van der Waals surface area (Å²) in [5.41, 5.74) is 1.25. The van der Waals surface area contributed by atoms with E-state index in [1.807, 2.05) is 24.3 Å². The quantitative estimate of drug-likeness (QED) is 0.733. The Morgan fingerprint density at radius 3 is 2.50 bits per heavy atom. The largest absolute Gasteiger partial charge is 0.339 e. The van der Waals surface area contributed by atoms with Crippen LogP contribution in [0, 0.1) is 5.92 Å². The fourth-order valence-electron chi connectivity index (χ4n) is 2.47. The van der Waals surface area contributed by atoms with Crippen LogP contribution in [0.3, 0.4) is 0 Å². The number of carbonyl (C=O) groups is 1. The summed E-state index contributed by atoms with van der Waals surface area (Å²) in [6.07, 6.45) is 4.90. The Kier molecular flexibility index (Phi) is 5.47. The van der Waals surface area contributed by atoms with Crippen LogP contribution >= 0.6 is 11.6 Å². The molecule has 2 nitrogen and oxygen atoms in total. The van der Waals surface area contributed by atoms with E-state index in [2.05, 4.69) is 18.7 Å². The van der Waals surface area contributed by atoms with Crippen molar-refractivity contribution >= 4 is 17.5 Å². The minimum absolute atomic E-state index is 0.329. The summed E-state index contributed by atoms with van der Waals surface area (Å²) in [6, 6.07) is 8.43. The zero-order valence-corrected chi connectivity index (χ0v) is 13.2. The molecule has 0 heterocycles. The van der Waals surface area contributed by atoms with E-state index in [0.717, 1.165) is 24.4 Å². The number of amides is 1. The minimum Gasteiger partial charge on any atom is -0.339 e. The number of carbonyl (C=O) groups excluding carboxylic acids is 1. The van der Waals surface area contributed by atoms with Gasteiger partial charge in [0.1, 0.15) is 0 Å². The molecule has 0 aliphatic heterocycles. The Hall–Kier alpha value is -1.02. The van der Waals surface area contributed by atoms with Crippen molar-refractivity contribution in [2.75, 3.05) is 6.54 Å². The molecule has 1 amide bonds. The van der Waals surface area contributed by atoms with Crippen molar-refractivity contribution in [2.24, 2.45) is 5.92 Å². The molecule has 0 saturated heterocycles. The maximum Gasteiger partial charge on any atom is 0.222 e. The number of benzene rings is 1. The standard InChI is InChI=1S/C17H24ClNO/c1-13(2)12-19(16-10-11-16)17(20)5-3-4-14-6-8-15(18)9-7-14/h6-9,13,16H,3-5,10-12H2,1-2H3. The maximum atomic E-state index is 12.3. The van der Waals surface area contributed by atoms with Gasteiger partial charge in [-0.25, -0.2) is 0 Å². The predicted molar refractivity (Wildman–Crippen MR) is 84.0 cm³/mol. The smallest absolute Gasteiger partial charge is 0.222 e. The third-order valence-corrected chi connectivity index (χ3v) is 3.89. The lowest BCUT2D eigenvalue weighted by molar-refractivity contribution is -0.132. The van der Waals surface area contributed by atoms with E-state index in [9.17, 15) is 4.79 Å². The van der Waals surface area contributed by atoms with E-state index in [1.54, 1.807) is 0 Å². The lowest BCUT2D eigenvalue weighted by Crippen LogP contribution is -2.36. The van der Waals surface area contributed by atoms with Crippen LogP contribution < -0.4 is 0 Å². The summed E-state index contributed by atoms with van der Waals surface area (Å²) in [7, 11) is 0. The van der Waals surface area contributed by atoms with Crippen molar-refractivity contribution in [1.82, 2.24) is 4.90 Å². The second-order valence-corrected chi connectivity index (χ2v) is 6.59. The van der Waals surface area contributed by atoms with E-state index in [1.165, 1.54) is 18.4 Å². The molecule has 20 heavy (non-hydrogen) atoms. The molecule has 1 saturated carbocycles. The summed E-state index contributed by atoms with van der Waals surface area (Å²) >= 11 is 5.87. The van der Waals surface area contributed by atoms with Crippen LogP contribution in [0.5, 0.6) is 0 Å². The highest BCUT2D eigenvalue weighted by Gasteiger charge is 2.32. The average molecular weight is 294 g/mol. The molecule has 3 heteroatoms. The lowest BCUT2D eigenvalue weighted by Gasteiger charge is -2.24. The molecule has 0 spiro atoms. The zero-order chi connectivity index (χ0) is 14.5. The number of rotatable bonds is 7. The number of aryl methyl sites for hydroxylation is 1. The summed E-state index contributed by atoms with van der Waals surface area (Å²) in [5.74, 6) is 0.881. The van der Waals surface area contributed by atoms with E-state index < -0.39 is 0 Å². The van der Waals surface area contributed by atoms with Crippen LogP contribution in [-0.4, -0.2) is 23.4 Å². The van der Waals surface area contributed by atoms with Gasteiger partial charge in [-0.1, -0.05) is 37.6 Å². The third-order valence-electron chi connectivity index (χ3n) is 3.64. The molecule has 1 aromatic carbocycles. The van der Waals surface area contributed by atoms with Crippen molar-refractivity contribution in [3.05, 3.63) is 34.9 Å².